The van der Waals surface area contributed by atoms with Crippen molar-refractivity contribution in [3.05, 3.63) is 11.1 Å². The summed E-state index contributed by atoms with van der Waals surface area (Å²) in [5, 5.41) is 15.9. The van der Waals surface area contributed by atoms with Gasteiger partial charge in [-0.2, -0.15) is 12.7 Å². The number of hydrazine groups is 1. The topological polar surface area (TPSA) is 257 Å². The molecule has 1 aliphatic heterocycles. The van der Waals surface area contributed by atoms with Gasteiger partial charge >= 0.3 is 16.3 Å². The highest BCUT2D eigenvalue weighted by Gasteiger charge is 2.58. The number of oxime groups is 1. The summed E-state index contributed by atoms with van der Waals surface area (Å²) in [5.41, 5.74) is 4.49. The number of anilines is 1. The molecule has 2 heterocycles. The molecule has 1 saturated heterocycles. The van der Waals surface area contributed by atoms with Gasteiger partial charge < -0.3 is 21.0 Å². The van der Waals surface area contributed by atoms with Gasteiger partial charge in [-0.15, -0.1) is 11.3 Å². The Bertz CT molecular complexity index is 1070. The largest absolute Gasteiger partial charge is 0.478 e. The third kappa shape index (κ3) is 4.87. The van der Waals surface area contributed by atoms with Gasteiger partial charge in [-0.05, 0) is 13.8 Å². The molecule has 0 saturated carbocycles. The number of amides is 3. The molecule has 31 heavy (non-hydrogen) atoms. The number of rotatable bonds is 8. The Labute approximate surface area is 178 Å². The first kappa shape index (κ1) is 23.9. The summed E-state index contributed by atoms with van der Waals surface area (Å²) in [6, 6.07) is -3.65. The second-order valence-electron chi connectivity index (χ2n) is 6.43. The normalized spacial score (nSPS) is 19.4. The van der Waals surface area contributed by atoms with Crippen molar-refractivity contribution in [2.24, 2.45) is 11.0 Å². The van der Waals surface area contributed by atoms with Gasteiger partial charge in [0.15, 0.2) is 16.9 Å². The third-order valence-electron chi connectivity index (χ3n) is 3.86. The number of β-lactam (4-membered cyclic amide) rings is 1. The molecule has 2 rings (SSSR count). The molecule has 0 spiro atoms. The molecule has 3 amide bonds. The molecule has 8 N–H and O–H groups in total. The molecule has 0 aromatic carbocycles. The number of carbonyl (C=O) groups excluding carboxylic acids is 3. The van der Waals surface area contributed by atoms with Crippen molar-refractivity contribution >= 4 is 56.2 Å². The quantitative estimate of drug-likeness (QED) is 0.0538. The van der Waals surface area contributed by atoms with Crippen LogP contribution < -0.4 is 22.3 Å². The number of aromatic nitrogens is 1. The zero-order chi connectivity index (χ0) is 23.7. The van der Waals surface area contributed by atoms with Crippen molar-refractivity contribution < 1.29 is 42.1 Å². The molecule has 0 unspecified atom stereocenters. The Hall–Kier alpha value is -3.35. The van der Waals surface area contributed by atoms with Crippen molar-refractivity contribution in [2.75, 3.05) is 5.73 Å². The van der Waals surface area contributed by atoms with E-state index < -0.39 is 57.4 Å². The summed E-state index contributed by atoms with van der Waals surface area (Å²) in [6.45, 7) is 2.29. The van der Waals surface area contributed by atoms with Crippen LogP contribution in [0.25, 0.3) is 0 Å². The standard InChI is InChI=1S/C13H17N7O9S2/c1-13(2,11(24)25)29-19-5(4-3-30-12(14)16-4)8(21)17-6-7(9(22)18-15)20(10(6)23)31(26,27)28/h3,6-7H,15H2,1-2H3,(H2,14,16)(H,17,21)(H,18,22)(H,24,25)(H,26,27,28)/t6-,7-/m1/s1. The van der Waals surface area contributed by atoms with E-state index >= 15 is 0 Å². The second kappa shape index (κ2) is 8.41. The molecule has 0 bridgehead atoms. The minimum atomic E-state index is -5.13. The molecule has 1 aliphatic rings. The number of hydrogen-bond donors (Lipinski definition) is 6. The number of nitrogens with one attached hydrogen (secondary N) is 2. The Morgan fingerprint density at radius 2 is 2.00 bits per heavy atom. The van der Waals surface area contributed by atoms with Crippen LogP contribution in [0.5, 0.6) is 0 Å². The van der Waals surface area contributed by atoms with Crippen molar-refractivity contribution in [3.63, 3.8) is 0 Å². The fraction of sp³-hybridized carbons (Fsp3) is 0.385. The van der Waals surface area contributed by atoms with E-state index in [1.165, 1.54) is 5.38 Å². The van der Waals surface area contributed by atoms with E-state index in [0.29, 0.717) is 0 Å². The van der Waals surface area contributed by atoms with Crippen molar-refractivity contribution in [2.45, 2.75) is 31.5 Å². The minimum Gasteiger partial charge on any atom is -0.478 e. The van der Waals surface area contributed by atoms with E-state index in [2.05, 4.69) is 15.5 Å². The number of carboxylic acid groups (broad SMARTS) is 1. The van der Waals surface area contributed by atoms with Gasteiger partial charge in [0.1, 0.15) is 11.7 Å². The molecule has 170 valence electrons. The highest BCUT2D eigenvalue weighted by atomic mass is 32.2. The Morgan fingerprint density at radius 3 is 2.45 bits per heavy atom. The maximum atomic E-state index is 12.7. The highest BCUT2D eigenvalue weighted by molar-refractivity contribution is 7.84. The van der Waals surface area contributed by atoms with Crippen molar-refractivity contribution in [1.29, 1.82) is 0 Å². The average Bonchev–Trinajstić information content (AvgIpc) is 3.07. The summed E-state index contributed by atoms with van der Waals surface area (Å²) in [7, 11) is -5.13. The number of aliphatic carboxylic acids is 1. The van der Waals surface area contributed by atoms with E-state index in [9.17, 15) is 27.6 Å². The Kier molecular flexibility index (Phi) is 6.49. The van der Waals surface area contributed by atoms with Gasteiger partial charge in [0.05, 0.1) is 0 Å². The van der Waals surface area contributed by atoms with Crippen LogP contribution in [0.15, 0.2) is 10.5 Å². The summed E-state index contributed by atoms with van der Waals surface area (Å²) >= 11 is 0.908. The fourth-order valence-corrected chi connectivity index (χ4v) is 3.61. The number of thiazole rings is 1. The minimum absolute atomic E-state index is 0.0191. The molecule has 0 aliphatic carbocycles. The number of carbonyl (C=O) groups is 4. The maximum absolute atomic E-state index is 12.7. The highest BCUT2D eigenvalue weighted by Crippen LogP contribution is 2.24. The first-order valence-electron chi connectivity index (χ1n) is 8.03. The lowest BCUT2D eigenvalue weighted by Gasteiger charge is -2.42. The van der Waals surface area contributed by atoms with Crippen LogP contribution >= 0.6 is 11.3 Å². The molecule has 18 heteroatoms. The average molecular weight is 479 g/mol. The van der Waals surface area contributed by atoms with Crippen LogP contribution in [0.2, 0.25) is 0 Å². The van der Waals surface area contributed by atoms with Gasteiger partial charge in [-0.3, -0.25) is 24.4 Å². The monoisotopic (exact) mass is 479 g/mol. The van der Waals surface area contributed by atoms with Crippen molar-refractivity contribution in [1.82, 2.24) is 20.0 Å². The Balaban J connectivity index is 2.36. The van der Waals surface area contributed by atoms with Crippen LogP contribution in [0.4, 0.5) is 5.13 Å². The maximum Gasteiger partial charge on any atom is 0.363 e. The summed E-state index contributed by atoms with van der Waals surface area (Å²) in [6.07, 6.45) is 0. The van der Waals surface area contributed by atoms with E-state index in [1.54, 1.807) is 5.43 Å². The molecule has 16 nitrogen and oxygen atoms in total. The van der Waals surface area contributed by atoms with Crippen LogP contribution in [0.1, 0.15) is 19.5 Å². The Morgan fingerprint density at radius 1 is 1.39 bits per heavy atom. The fourth-order valence-electron chi connectivity index (χ4n) is 2.21. The van der Waals surface area contributed by atoms with E-state index in [0.717, 1.165) is 25.2 Å². The van der Waals surface area contributed by atoms with E-state index in [-0.39, 0.29) is 15.1 Å². The number of nitrogens with zero attached hydrogens (tertiary/aromatic N) is 3. The number of hydrogen-bond acceptors (Lipinski definition) is 12. The number of nitrogens with two attached hydrogens (primary N) is 2. The van der Waals surface area contributed by atoms with Crippen LogP contribution in [0, 0.1) is 0 Å². The summed E-state index contributed by atoms with van der Waals surface area (Å²) in [4.78, 5) is 56.6. The molecule has 0 radical (unpaired) electrons. The lowest BCUT2D eigenvalue weighted by molar-refractivity contribution is -0.161. The zero-order valence-corrected chi connectivity index (χ0v) is 17.4. The molecular weight excluding hydrogens is 462 g/mol. The molecular formula is C13H17N7O9S2. The predicted molar refractivity (Wildman–Crippen MR) is 102 cm³/mol. The third-order valence-corrected chi connectivity index (χ3v) is 5.44. The van der Waals surface area contributed by atoms with Crippen LogP contribution in [0.3, 0.4) is 0 Å². The molecule has 1 aromatic rings. The summed E-state index contributed by atoms with van der Waals surface area (Å²) in [5.74, 6) is -0.187. The van der Waals surface area contributed by atoms with Crippen LogP contribution in [-0.2, 0) is 34.3 Å². The SMILES string of the molecule is CC(C)(ON=C(C(=O)N[C@H]1C(=O)N(S(=O)(=O)O)[C@H]1C(=O)NN)c1csc(N)n1)C(=O)O. The number of nitrogen functional groups attached to an aromatic ring is 1. The van der Waals surface area contributed by atoms with Gasteiger partial charge in [-0.1, -0.05) is 5.16 Å². The smallest absolute Gasteiger partial charge is 0.363 e. The van der Waals surface area contributed by atoms with Crippen molar-refractivity contribution in [3.8, 4) is 0 Å². The molecule has 1 fully saturated rings. The first-order valence-corrected chi connectivity index (χ1v) is 10.3. The summed E-state index contributed by atoms with van der Waals surface area (Å²) < 4.78 is 31.6. The molecule has 1 aromatic heterocycles. The van der Waals surface area contributed by atoms with Gasteiger partial charge in [0.25, 0.3) is 17.7 Å². The van der Waals surface area contributed by atoms with E-state index in [1.807, 2.05) is 0 Å². The molecule has 2 atom stereocenters. The lowest BCUT2D eigenvalue weighted by atomic mass is 9.97. The second-order valence-corrected chi connectivity index (χ2v) is 8.61. The zero-order valence-electron chi connectivity index (χ0n) is 15.8. The van der Waals surface area contributed by atoms with Crippen LogP contribution in [-0.4, -0.2) is 74.5 Å². The number of carboxylic acids is 1. The van der Waals surface area contributed by atoms with E-state index in [4.69, 9.17) is 26.1 Å². The van der Waals surface area contributed by atoms with Gasteiger partial charge in [0, 0.05) is 5.38 Å². The van der Waals surface area contributed by atoms with Gasteiger partial charge in [0.2, 0.25) is 5.60 Å². The predicted octanol–water partition coefficient (Wildman–Crippen LogP) is -3.20. The first-order chi connectivity index (χ1) is 14.2. The lowest BCUT2D eigenvalue weighted by Crippen LogP contribution is -2.76. The van der Waals surface area contributed by atoms with Gasteiger partial charge in [-0.25, -0.2) is 15.6 Å².